The Morgan fingerprint density at radius 2 is 1.78 bits per heavy atom. The van der Waals surface area contributed by atoms with E-state index in [1.54, 1.807) is 0 Å². The third kappa shape index (κ3) is 2.60. The van der Waals surface area contributed by atoms with Crippen LogP contribution >= 0.6 is 15.9 Å². The Morgan fingerprint density at radius 3 is 2.44 bits per heavy atom. The van der Waals surface area contributed by atoms with Crippen LogP contribution in [0.2, 0.25) is 0 Å². The minimum absolute atomic E-state index is 0.289. The Hall–Kier alpha value is -1.26. The van der Waals surface area contributed by atoms with Crippen molar-refractivity contribution in [1.29, 1.82) is 0 Å². The van der Waals surface area contributed by atoms with Crippen LogP contribution in [0.1, 0.15) is 22.7 Å². The van der Waals surface area contributed by atoms with Gasteiger partial charge in [-0.25, -0.2) is 8.78 Å². The highest BCUT2D eigenvalue weighted by molar-refractivity contribution is 9.10. The van der Waals surface area contributed by atoms with Gasteiger partial charge < -0.3 is 5.73 Å². The van der Waals surface area contributed by atoms with Gasteiger partial charge in [0.1, 0.15) is 11.6 Å². The average molecular weight is 312 g/mol. The highest BCUT2D eigenvalue weighted by atomic mass is 79.9. The van der Waals surface area contributed by atoms with Crippen LogP contribution < -0.4 is 5.73 Å². The van der Waals surface area contributed by atoms with Crippen molar-refractivity contribution in [1.82, 2.24) is 0 Å². The molecule has 94 valence electrons. The highest BCUT2D eigenvalue weighted by Gasteiger charge is 2.16. The molecule has 1 atom stereocenters. The van der Waals surface area contributed by atoms with Crippen molar-refractivity contribution in [3.8, 4) is 0 Å². The lowest BCUT2D eigenvalue weighted by Gasteiger charge is -2.16. The Balaban J connectivity index is 2.47. The number of benzene rings is 2. The molecule has 18 heavy (non-hydrogen) atoms. The summed E-state index contributed by atoms with van der Waals surface area (Å²) in [5.74, 6) is -1.23. The van der Waals surface area contributed by atoms with E-state index in [0.717, 1.165) is 21.7 Å². The minimum atomic E-state index is -0.623. The lowest BCUT2D eigenvalue weighted by Crippen LogP contribution is -2.15. The number of aryl methyl sites for hydroxylation is 1. The smallest absolute Gasteiger partial charge is 0.131 e. The fourth-order valence-electron chi connectivity index (χ4n) is 1.87. The number of hydrogen-bond acceptors (Lipinski definition) is 1. The first-order valence-corrected chi connectivity index (χ1v) is 6.25. The first-order chi connectivity index (χ1) is 8.49. The lowest BCUT2D eigenvalue weighted by atomic mass is 9.95. The van der Waals surface area contributed by atoms with E-state index in [1.807, 2.05) is 25.1 Å². The third-order valence-corrected chi connectivity index (χ3v) is 3.37. The maximum absolute atomic E-state index is 13.7. The molecule has 0 aliphatic heterocycles. The summed E-state index contributed by atoms with van der Waals surface area (Å²) in [6, 6.07) is 8.49. The predicted molar refractivity (Wildman–Crippen MR) is 71.3 cm³/mol. The zero-order chi connectivity index (χ0) is 13.3. The SMILES string of the molecule is Cc1ccc(Br)cc1C(N)c1ccc(F)cc1F. The van der Waals surface area contributed by atoms with E-state index in [2.05, 4.69) is 15.9 Å². The predicted octanol–water partition coefficient (Wildman–Crippen LogP) is 4.08. The minimum Gasteiger partial charge on any atom is -0.320 e. The van der Waals surface area contributed by atoms with E-state index >= 15 is 0 Å². The van der Waals surface area contributed by atoms with Crippen molar-refractivity contribution in [2.75, 3.05) is 0 Å². The maximum atomic E-state index is 13.7. The molecule has 0 aromatic heterocycles. The summed E-state index contributed by atoms with van der Waals surface area (Å²) in [7, 11) is 0. The van der Waals surface area contributed by atoms with Crippen LogP contribution in [-0.2, 0) is 0 Å². The van der Waals surface area contributed by atoms with Crippen molar-refractivity contribution >= 4 is 15.9 Å². The van der Waals surface area contributed by atoms with Gasteiger partial charge in [0.05, 0.1) is 6.04 Å². The summed E-state index contributed by atoms with van der Waals surface area (Å²) in [6.07, 6.45) is 0. The molecule has 0 heterocycles. The molecule has 0 saturated carbocycles. The third-order valence-electron chi connectivity index (χ3n) is 2.87. The molecule has 2 aromatic carbocycles. The van der Waals surface area contributed by atoms with Gasteiger partial charge in [-0.3, -0.25) is 0 Å². The summed E-state index contributed by atoms with van der Waals surface area (Å²) in [6.45, 7) is 1.91. The fourth-order valence-corrected chi connectivity index (χ4v) is 2.25. The molecule has 4 heteroatoms. The van der Waals surface area contributed by atoms with Crippen molar-refractivity contribution < 1.29 is 8.78 Å². The van der Waals surface area contributed by atoms with Crippen LogP contribution in [0.25, 0.3) is 0 Å². The maximum Gasteiger partial charge on any atom is 0.131 e. The second-order valence-corrected chi connectivity index (χ2v) is 5.06. The van der Waals surface area contributed by atoms with E-state index in [-0.39, 0.29) is 5.56 Å². The first kappa shape index (κ1) is 13.2. The van der Waals surface area contributed by atoms with Gasteiger partial charge in [0, 0.05) is 16.1 Å². The molecule has 0 radical (unpaired) electrons. The number of halogens is 3. The van der Waals surface area contributed by atoms with Crippen LogP contribution in [0.5, 0.6) is 0 Å². The molecular weight excluding hydrogens is 300 g/mol. The van der Waals surface area contributed by atoms with Gasteiger partial charge in [-0.15, -0.1) is 0 Å². The molecule has 0 amide bonds. The van der Waals surface area contributed by atoms with Crippen molar-refractivity contribution in [3.63, 3.8) is 0 Å². The second-order valence-electron chi connectivity index (χ2n) is 4.14. The van der Waals surface area contributed by atoms with E-state index in [0.29, 0.717) is 0 Å². The van der Waals surface area contributed by atoms with Gasteiger partial charge >= 0.3 is 0 Å². The largest absolute Gasteiger partial charge is 0.320 e. The van der Waals surface area contributed by atoms with Crippen molar-refractivity contribution in [2.45, 2.75) is 13.0 Å². The molecule has 2 aromatic rings. The molecule has 0 bridgehead atoms. The molecule has 1 unspecified atom stereocenters. The number of hydrogen-bond donors (Lipinski definition) is 1. The Kier molecular flexibility index (Phi) is 3.78. The molecule has 2 N–H and O–H groups in total. The molecule has 2 rings (SSSR count). The second kappa shape index (κ2) is 5.16. The Morgan fingerprint density at radius 1 is 1.06 bits per heavy atom. The van der Waals surface area contributed by atoms with Crippen LogP contribution in [-0.4, -0.2) is 0 Å². The summed E-state index contributed by atoms with van der Waals surface area (Å²) in [5, 5.41) is 0. The van der Waals surface area contributed by atoms with Gasteiger partial charge in [-0.1, -0.05) is 28.1 Å². The van der Waals surface area contributed by atoms with Crippen LogP contribution in [0, 0.1) is 18.6 Å². The first-order valence-electron chi connectivity index (χ1n) is 5.45. The molecule has 0 saturated heterocycles. The normalized spacial score (nSPS) is 12.5. The number of nitrogens with two attached hydrogens (primary N) is 1. The van der Waals surface area contributed by atoms with Crippen molar-refractivity contribution in [3.05, 3.63) is 69.2 Å². The van der Waals surface area contributed by atoms with Crippen LogP contribution in [0.15, 0.2) is 40.9 Å². The van der Waals surface area contributed by atoms with E-state index in [4.69, 9.17) is 5.73 Å². The zero-order valence-corrected chi connectivity index (χ0v) is 11.3. The quantitative estimate of drug-likeness (QED) is 0.888. The van der Waals surface area contributed by atoms with Crippen molar-refractivity contribution in [2.24, 2.45) is 5.73 Å². The Labute approximate surface area is 113 Å². The van der Waals surface area contributed by atoms with E-state index < -0.39 is 17.7 Å². The molecular formula is C14H12BrF2N. The summed E-state index contributed by atoms with van der Waals surface area (Å²) in [4.78, 5) is 0. The van der Waals surface area contributed by atoms with Gasteiger partial charge in [-0.05, 0) is 36.2 Å². The van der Waals surface area contributed by atoms with E-state index in [9.17, 15) is 8.78 Å². The lowest BCUT2D eigenvalue weighted by molar-refractivity contribution is 0.565. The molecule has 0 fully saturated rings. The van der Waals surface area contributed by atoms with Gasteiger partial charge in [0.2, 0.25) is 0 Å². The van der Waals surface area contributed by atoms with Gasteiger partial charge in [-0.2, -0.15) is 0 Å². The monoisotopic (exact) mass is 311 g/mol. The van der Waals surface area contributed by atoms with Crippen LogP contribution in [0.4, 0.5) is 8.78 Å². The highest BCUT2D eigenvalue weighted by Crippen LogP contribution is 2.27. The standard InChI is InChI=1S/C14H12BrF2N/c1-8-2-3-9(15)6-12(8)14(18)11-5-4-10(16)7-13(11)17/h2-7,14H,18H2,1H3. The van der Waals surface area contributed by atoms with Gasteiger partial charge in [0.25, 0.3) is 0 Å². The summed E-state index contributed by atoms with van der Waals surface area (Å²) >= 11 is 3.36. The fraction of sp³-hybridized carbons (Fsp3) is 0.143. The molecule has 1 nitrogen and oxygen atoms in total. The average Bonchev–Trinajstić information content (AvgIpc) is 2.31. The Bertz CT molecular complexity index is 584. The van der Waals surface area contributed by atoms with Crippen LogP contribution in [0.3, 0.4) is 0 Å². The topological polar surface area (TPSA) is 26.0 Å². The molecule has 0 aliphatic rings. The molecule has 0 aliphatic carbocycles. The molecule has 0 spiro atoms. The zero-order valence-electron chi connectivity index (χ0n) is 9.75. The summed E-state index contributed by atoms with van der Waals surface area (Å²) < 4.78 is 27.4. The number of rotatable bonds is 2. The van der Waals surface area contributed by atoms with E-state index in [1.165, 1.54) is 12.1 Å². The van der Waals surface area contributed by atoms with Gasteiger partial charge in [0.15, 0.2) is 0 Å². The summed E-state index contributed by atoms with van der Waals surface area (Å²) in [5.41, 5.74) is 8.12.